The summed E-state index contributed by atoms with van der Waals surface area (Å²) in [5.74, 6) is 0.470. The van der Waals surface area contributed by atoms with Gasteiger partial charge < -0.3 is 19.2 Å². The van der Waals surface area contributed by atoms with Gasteiger partial charge in [-0.25, -0.2) is 4.98 Å². The van der Waals surface area contributed by atoms with Gasteiger partial charge in [0.05, 0.1) is 17.8 Å². The summed E-state index contributed by atoms with van der Waals surface area (Å²) in [6.45, 7) is 9.43. The number of ether oxygens (including phenoxy) is 1. The van der Waals surface area contributed by atoms with E-state index in [4.69, 9.17) is 9.15 Å². The Labute approximate surface area is 143 Å². The predicted octanol–water partition coefficient (Wildman–Crippen LogP) is 2.54. The van der Waals surface area contributed by atoms with Crippen molar-refractivity contribution in [1.82, 2.24) is 9.88 Å². The van der Waals surface area contributed by atoms with Gasteiger partial charge in [0.1, 0.15) is 5.76 Å². The van der Waals surface area contributed by atoms with Gasteiger partial charge in [-0.15, -0.1) is 0 Å². The zero-order chi connectivity index (χ0) is 17.5. The van der Waals surface area contributed by atoms with E-state index in [0.717, 1.165) is 12.8 Å². The smallest absolute Gasteiger partial charge is 0.276 e. The summed E-state index contributed by atoms with van der Waals surface area (Å²) in [4.78, 5) is 18.4. The molecular formula is C18H28N2O4. The molecule has 1 spiro atoms. The molecule has 2 saturated heterocycles. The van der Waals surface area contributed by atoms with Crippen molar-refractivity contribution in [3.05, 3.63) is 17.8 Å². The summed E-state index contributed by atoms with van der Waals surface area (Å²) in [7, 11) is 0. The normalized spacial score (nSPS) is 27.5. The van der Waals surface area contributed by atoms with Crippen LogP contribution in [0.25, 0.3) is 0 Å². The Morgan fingerprint density at radius 3 is 2.58 bits per heavy atom. The van der Waals surface area contributed by atoms with Gasteiger partial charge in [-0.05, 0) is 25.2 Å². The molecule has 134 valence electrons. The molecular weight excluding hydrogens is 308 g/mol. The first-order chi connectivity index (χ1) is 11.2. The van der Waals surface area contributed by atoms with Gasteiger partial charge in [-0.1, -0.05) is 20.8 Å². The van der Waals surface area contributed by atoms with Crippen molar-refractivity contribution in [1.29, 1.82) is 0 Å². The molecule has 0 bridgehead atoms. The average Bonchev–Trinajstić information content (AvgIpc) is 2.92. The number of hydrogen-bond donors (Lipinski definition) is 1. The van der Waals surface area contributed by atoms with E-state index in [1.54, 1.807) is 6.92 Å². The van der Waals surface area contributed by atoms with E-state index in [2.05, 4.69) is 25.8 Å². The number of oxazole rings is 1. The van der Waals surface area contributed by atoms with Crippen LogP contribution in [0, 0.1) is 12.3 Å². The van der Waals surface area contributed by atoms with Crippen LogP contribution in [0.3, 0.4) is 0 Å². The van der Waals surface area contributed by atoms with E-state index in [9.17, 15) is 9.90 Å². The van der Waals surface area contributed by atoms with Crippen molar-refractivity contribution in [3.63, 3.8) is 0 Å². The van der Waals surface area contributed by atoms with Crippen LogP contribution >= 0.6 is 0 Å². The fraction of sp³-hybridized carbons (Fsp3) is 0.778. The number of hydrogen-bond acceptors (Lipinski definition) is 5. The number of piperidine rings is 1. The van der Waals surface area contributed by atoms with E-state index in [1.807, 2.05) is 4.90 Å². The molecule has 0 aliphatic carbocycles. The quantitative estimate of drug-likeness (QED) is 0.853. The molecule has 2 aliphatic heterocycles. The predicted molar refractivity (Wildman–Crippen MR) is 88.7 cm³/mol. The summed E-state index contributed by atoms with van der Waals surface area (Å²) in [6.07, 6.45) is 3.86. The minimum absolute atomic E-state index is 0.000815. The van der Waals surface area contributed by atoms with Crippen molar-refractivity contribution in [2.75, 3.05) is 13.1 Å². The molecule has 1 amide bonds. The first-order valence-electron chi connectivity index (χ1n) is 8.75. The highest BCUT2D eigenvalue weighted by Gasteiger charge is 2.46. The van der Waals surface area contributed by atoms with Crippen LogP contribution in [0.5, 0.6) is 0 Å². The van der Waals surface area contributed by atoms with Crippen LogP contribution in [0.1, 0.15) is 62.7 Å². The highest BCUT2D eigenvalue weighted by Crippen LogP contribution is 2.42. The number of nitrogens with zero attached hydrogens (tertiary/aromatic N) is 2. The van der Waals surface area contributed by atoms with Gasteiger partial charge in [0, 0.05) is 25.9 Å². The number of rotatable bonds is 1. The van der Waals surface area contributed by atoms with Crippen LogP contribution in [-0.2, 0) is 4.74 Å². The summed E-state index contributed by atoms with van der Waals surface area (Å²) < 4.78 is 11.6. The lowest BCUT2D eigenvalue weighted by atomic mass is 9.76. The van der Waals surface area contributed by atoms with E-state index in [1.165, 1.54) is 6.39 Å². The van der Waals surface area contributed by atoms with Crippen molar-refractivity contribution in [3.8, 4) is 0 Å². The summed E-state index contributed by atoms with van der Waals surface area (Å²) >= 11 is 0. The van der Waals surface area contributed by atoms with Crippen LogP contribution in [0.4, 0.5) is 0 Å². The van der Waals surface area contributed by atoms with Crippen molar-refractivity contribution in [2.45, 2.75) is 71.2 Å². The van der Waals surface area contributed by atoms with E-state index >= 15 is 0 Å². The Balaban J connectivity index is 1.67. The molecule has 1 N–H and O–H groups in total. The van der Waals surface area contributed by atoms with Gasteiger partial charge in [-0.2, -0.15) is 0 Å². The van der Waals surface area contributed by atoms with Gasteiger partial charge in [-0.3, -0.25) is 4.79 Å². The molecule has 0 aromatic carbocycles. The topological polar surface area (TPSA) is 75.8 Å². The van der Waals surface area contributed by atoms with Crippen molar-refractivity contribution < 1.29 is 19.1 Å². The molecule has 2 aliphatic rings. The third-order valence-electron chi connectivity index (χ3n) is 5.36. The largest absolute Gasteiger partial charge is 0.448 e. The maximum Gasteiger partial charge on any atom is 0.276 e. The zero-order valence-electron chi connectivity index (χ0n) is 15.0. The van der Waals surface area contributed by atoms with Crippen LogP contribution in [0.2, 0.25) is 0 Å². The Hall–Kier alpha value is -1.40. The molecule has 24 heavy (non-hydrogen) atoms. The number of aliphatic hydroxyl groups excluding tert-OH is 1. The summed E-state index contributed by atoms with van der Waals surface area (Å²) in [6, 6.07) is 0. The molecule has 1 aromatic heterocycles. The molecule has 6 nitrogen and oxygen atoms in total. The SMILES string of the molecule is Cc1ocnc1C(=O)N1CCC2(CC1)C[C@H](O)C[C@H](C(C)(C)C)O2. The molecule has 0 unspecified atom stereocenters. The van der Waals surface area contributed by atoms with Crippen LogP contribution in [-0.4, -0.2) is 51.8 Å². The number of amides is 1. The number of aromatic nitrogens is 1. The average molecular weight is 336 g/mol. The zero-order valence-corrected chi connectivity index (χ0v) is 15.0. The van der Waals surface area contributed by atoms with Gasteiger partial charge in [0.15, 0.2) is 12.1 Å². The molecule has 2 fully saturated rings. The highest BCUT2D eigenvalue weighted by molar-refractivity contribution is 5.93. The maximum absolute atomic E-state index is 12.6. The summed E-state index contributed by atoms with van der Waals surface area (Å²) in [5.41, 5.74) is 0.0767. The Kier molecular flexibility index (Phi) is 4.47. The fourth-order valence-electron chi connectivity index (χ4n) is 3.79. The minimum Gasteiger partial charge on any atom is -0.448 e. The maximum atomic E-state index is 12.6. The van der Waals surface area contributed by atoms with Gasteiger partial charge >= 0.3 is 0 Å². The first kappa shape index (κ1) is 17.4. The Morgan fingerprint density at radius 1 is 1.38 bits per heavy atom. The van der Waals surface area contributed by atoms with Crippen LogP contribution < -0.4 is 0 Å². The molecule has 6 heteroatoms. The van der Waals surface area contributed by atoms with E-state index < -0.39 is 0 Å². The number of carbonyl (C=O) groups is 1. The van der Waals surface area contributed by atoms with Crippen molar-refractivity contribution >= 4 is 5.91 Å². The minimum atomic E-state index is -0.331. The molecule has 0 radical (unpaired) electrons. The Bertz CT molecular complexity index is 596. The first-order valence-corrected chi connectivity index (χ1v) is 8.75. The monoisotopic (exact) mass is 336 g/mol. The van der Waals surface area contributed by atoms with Gasteiger partial charge in [0.2, 0.25) is 0 Å². The Morgan fingerprint density at radius 2 is 2.04 bits per heavy atom. The van der Waals surface area contributed by atoms with E-state index in [0.29, 0.717) is 37.4 Å². The second kappa shape index (κ2) is 6.15. The third-order valence-corrected chi connectivity index (χ3v) is 5.36. The van der Waals surface area contributed by atoms with Crippen molar-refractivity contribution in [2.24, 2.45) is 5.41 Å². The molecule has 3 rings (SSSR count). The second-order valence-electron chi connectivity index (χ2n) is 8.30. The fourth-order valence-corrected chi connectivity index (χ4v) is 3.79. The highest BCUT2D eigenvalue weighted by atomic mass is 16.5. The molecule has 0 saturated carbocycles. The third kappa shape index (κ3) is 3.35. The lowest BCUT2D eigenvalue weighted by Gasteiger charge is -2.50. The number of likely N-dealkylation sites (tertiary alicyclic amines) is 1. The number of carbonyl (C=O) groups excluding carboxylic acids is 1. The van der Waals surface area contributed by atoms with Crippen LogP contribution in [0.15, 0.2) is 10.8 Å². The molecule has 2 atom stereocenters. The lowest BCUT2D eigenvalue weighted by molar-refractivity contribution is -0.205. The second-order valence-corrected chi connectivity index (χ2v) is 8.30. The lowest BCUT2D eigenvalue weighted by Crippen LogP contribution is -2.55. The van der Waals surface area contributed by atoms with Gasteiger partial charge in [0.25, 0.3) is 5.91 Å². The number of aryl methyl sites for hydroxylation is 1. The molecule has 3 heterocycles. The standard InChI is InChI=1S/C18H28N2O4/c1-12-15(19-11-23-12)16(22)20-7-5-18(6-8-20)10-13(21)9-14(24-18)17(2,3)4/h11,13-14,21H,5-10H2,1-4H3/t13-,14-/m1/s1. The summed E-state index contributed by atoms with van der Waals surface area (Å²) in [5, 5.41) is 10.3. The van der Waals surface area contributed by atoms with E-state index in [-0.39, 0.29) is 29.1 Å². The molecule has 1 aromatic rings. The number of aliphatic hydroxyl groups is 1.